The molecule has 88 valence electrons. The van der Waals surface area contributed by atoms with Crippen molar-refractivity contribution in [3.05, 3.63) is 30.1 Å². The van der Waals surface area contributed by atoms with Gasteiger partial charge in [0.15, 0.2) is 0 Å². The summed E-state index contributed by atoms with van der Waals surface area (Å²) in [4.78, 5) is 14.9. The number of rotatable bonds is 6. The summed E-state index contributed by atoms with van der Waals surface area (Å²) in [7, 11) is 0. The van der Waals surface area contributed by atoms with Crippen molar-refractivity contribution in [1.82, 2.24) is 10.3 Å². The van der Waals surface area contributed by atoms with Crippen LogP contribution in [0.5, 0.6) is 0 Å². The quantitative estimate of drug-likeness (QED) is 0.762. The molecule has 2 N–H and O–H groups in total. The minimum atomic E-state index is -0.791. The van der Waals surface area contributed by atoms with Crippen LogP contribution in [0.1, 0.15) is 19.4 Å². The molecule has 0 bridgehead atoms. The van der Waals surface area contributed by atoms with E-state index in [2.05, 4.69) is 10.3 Å². The van der Waals surface area contributed by atoms with E-state index < -0.39 is 12.0 Å². The Morgan fingerprint density at radius 3 is 2.81 bits per heavy atom. The molecule has 16 heavy (non-hydrogen) atoms. The summed E-state index contributed by atoms with van der Waals surface area (Å²) in [6, 6.07) is 3.39. The molecule has 1 unspecified atom stereocenters. The average molecular weight is 222 g/mol. The molecular formula is C12H18N2O2. The Hall–Kier alpha value is -1.42. The van der Waals surface area contributed by atoms with E-state index in [-0.39, 0.29) is 5.92 Å². The van der Waals surface area contributed by atoms with Crippen LogP contribution in [-0.4, -0.2) is 28.6 Å². The normalized spacial score (nSPS) is 12.7. The minimum absolute atomic E-state index is 0.0893. The molecule has 1 atom stereocenters. The van der Waals surface area contributed by atoms with Gasteiger partial charge in [-0.15, -0.1) is 0 Å². The Labute approximate surface area is 95.7 Å². The van der Waals surface area contributed by atoms with Crippen molar-refractivity contribution in [3.8, 4) is 0 Å². The number of aromatic nitrogens is 1. The van der Waals surface area contributed by atoms with Crippen molar-refractivity contribution in [3.63, 3.8) is 0 Å². The first kappa shape index (κ1) is 12.6. The van der Waals surface area contributed by atoms with Crippen LogP contribution in [-0.2, 0) is 11.2 Å². The number of nitrogens with one attached hydrogen (secondary N) is 1. The number of carboxylic acid groups (broad SMARTS) is 1. The summed E-state index contributed by atoms with van der Waals surface area (Å²) in [5.74, 6) is -0.701. The maximum atomic E-state index is 10.9. The Bertz CT molecular complexity index is 325. The number of carboxylic acids is 1. The maximum Gasteiger partial charge on any atom is 0.320 e. The van der Waals surface area contributed by atoms with E-state index in [1.807, 2.05) is 26.0 Å². The van der Waals surface area contributed by atoms with Gasteiger partial charge in [-0.3, -0.25) is 9.78 Å². The van der Waals surface area contributed by atoms with Gasteiger partial charge in [-0.05, 0) is 24.0 Å². The highest BCUT2D eigenvalue weighted by atomic mass is 16.4. The zero-order chi connectivity index (χ0) is 12.0. The SMILES string of the molecule is CC(C)C(NCCc1cccnc1)C(=O)O. The van der Waals surface area contributed by atoms with E-state index in [0.717, 1.165) is 12.0 Å². The van der Waals surface area contributed by atoms with Crippen LogP contribution in [0.4, 0.5) is 0 Å². The Kier molecular flexibility index (Phi) is 4.92. The van der Waals surface area contributed by atoms with E-state index in [9.17, 15) is 4.79 Å². The molecule has 1 heterocycles. The first-order valence-electron chi connectivity index (χ1n) is 5.46. The van der Waals surface area contributed by atoms with E-state index in [4.69, 9.17) is 5.11 Å². The molecule has 0 aliphatic carbocycles. The van der Waals surface area contributed by atoms with Gasteiger partial charge in [-0.1, -0.05) is 19.9 Å². The molecule has 0 fully saturated rings. The second-order valence-electron chi connectivity index (χ2n) is 4.13. The fourth-order valence-electron chi connectivity index (χ4n) is 1.53. The molecule has 1 rings (SSSR count). The number of nitrogens with zero attached hydrogens (tertiary/aromatic N) is 1. The average Bonchev–Trinajstić information content (AvgIpc) is 2.24. The Morgan fingerprint density at radius 1 is 1.56 bits per heavy atom. The van der Waals surface area contributed by atoms with Crippen LogP contribution in [0.15, 0.2) is 24.5 Å². The first-order valence-corrected chi connectivity index (χ1v) is 5.46. The topological polar surface area (TPSA) is 62.2 Å². The number of carbonyl (C=O) groups is 1. The summed E-state index contributed by atoms with van der Waals surface area (Å²) >= 11 is 0. The highest BCUT2D eigenvalue weighted by Crippen LogP contribution is 2.02. The van der Waals surface area contributed by atoms with Gasteiger partial charge in [-0.2, -0.15) is 0 Å². The molecule has 0 saturated heterocycles. The van der Waals surface area contributed by atoms with Gasteiger partial charge in [0.25, 0.3) is 0 Å². The van der Waals surface area contributed by atoms with Crippen molar-refractivity contribution in [2.75, 3.05) is 6.54 Å². The van der Waals surface area contributed by atoms with Crippen LogP contribution < -0.4 is 5.32 Å². The second kappa shape index (κ2) is 6.23. The van der Waals surface area contributed by atoms with Crippen molar-refractivity contribution in [2.45, 2.75) is 26.3 Å². The lowest BCUT2D eigenvalue weighted by Gasteiger charge is -2.17. The predicted molar refractivity (Wildman–Crippen MR) is 62.2 cm³/mol. The number of aliphatic carboxylic acids is 1. The summed E-state index contributed by atoms with van der Waals surface area (Å²) in [6.07, 6.45) is 4.32. The number of hydrogen-bond acceptors (Lipinski definition) is 3. The molecule has 1 aromatic rings. The molecule has 0 aromatic carbocycles. The van der Waals surface area contributed by atoms with Gasteiger partial charge < -0.3 is 10.4 Å². The third-order valence-electron chi connectivity index (χ3n) is 2.43. The van der Waals surface area contributed by atoms with E-state index >= 15 is 0 Å². The monoisotopic (exact) mass is 222 g/mol. The molecule has 0 aliphatic heterocycles. The smallest absolute Gasteiger partial charge is 0.320 e. The lowest BCUT2D eigenvalue weighted by atomic mass is 10.0. The van der Waals surface area contributed by atoms with Gasteiger partial charge in [0.05, 0.1) is 0 Å². The summed E-state index contributed by atoms with van der Waals surface area (Å²) in [5.41, 5.74) is 1.11. The molecule has 0 radical (unpaired) electrons. The van der Waals surface area contributed by atoms with Gasteiger partial charge in [0, 0.05) is 18.9 Å². The third-order valence-corrected chi connectivity index (χ3v) is 2.43. The van der Waals surface area contributed by atoms with E-state index in [1.165, 1.54) is 0 Å². The largest absolute Gasteiger partial charge is 0.480 e. The van der Waals surface area contributed by atoms with Crippen LogP contribution >= 0.6 is 0 Å². The van der Waals surface area contributed by atoms with Crippen molar-refractivity contribution < 1.29 is 9.90 Å². The summed E-state index contributed by atoms with van der Waals surface area (Å²) in [5, 5.41) is 12.0. The number of hydrogen-bond donors (Lipinski definition) is 2. The molecule has 0 aliphatic rings. The second-order valence-corrected chi connectivity index (χ2v) is 4.13. The lowest BCUT2D eigenvalue weighted by molar-refractivity contribution is -0.140. The lowest BCUT2D eigenvalue weighted by Crippen LogP contribution is -2.41. The van der Waals surface area contributed by atoms with Crippen molar-refractivity contribution >= 4 is 5.97 Å². The van der Waals surface area contributed by atoms with Gasteiger partial charge in [0.2, 0.25) is 0 Å². The van der Waals surface area contributed by atoms with Crippen LogP contribution in [0.3, 0.4) is 0 Å². The fourth-order valence-corrected chi connectivity index (χ4v) is 1.53. The van der Waals surface area contributed by atoms with Crippen molar-refractivity contribution in [2.24, 2.45) is 5.92 Å². The predicted octanol–water partition coefficient (Wildman–Crippen LogP) is 1.32. The number of pyridine rings is 1. The highest BCUT2D eigenvalue weighted by Gasteiger charge is 2.19. The zero-order valence-electron chi connectivity index (χ0n) is 9.68. The molecular weight excluding hydrogens is 204 g/mol. The zero-order valence-corrected chi connectivity index (χ0v) is 9.68. The third kappa shape index (κ3) is 3.98. The first-order chi connectivity index (χ1) is 7.61. The summed E-state index contributed by atoms with van der Waals surface area (Å²) in [6.45, 7) is 4.45. The van der Waals surface area contributed by atoms with Crippen LogP contribution in [0.25, 0.3) is 0 Å². The Morgan fingerprint density at radius 2 is 2.31 bits per heavy atom. The van der Waals surface area contributed by atoms with Gasteiger partial charge >= 0.3 is 5.97 Å². The molecule has 1 aromatic heterocycles. The van der Waals surface area contributed by atoms with Gasteiger partial charge in [0.1, 0.15) is 6.04 Å². The van der Waals surface area contributed by atoms with Crippen LogP contribution in [0.2, 0.25) is 0 Å². The molecule has 0 saturated carbocycles. The highest BCUT2D eigenvalue weighted by molar-refractivity contribution is 5.73. The van der Waals surface area contributed by atoms with Crippen molar-refractivity contribution in [1.29, 1.82) is 0 Å². The Balaban J connectivity index is 2.37. The van der Waals surface area contributed by atoms with E-state index in [0.29, 0.717) is 6.54 Å². The standard InChI is InChI=1S/C12H18N2O2/c1-9(2)11(12(15)16)14-7-5-10-4-3-6-13-8-10/h3-4,6,8-9,11,14H,5,7H2,1-2H3,(H,15,16). The minimum Gasteiger partial charge on any atom is -0.480 e. The molecule has 4 nitrogen and oxygen atoms in total. The van der Waals surface area contributed by atoms with Crippen LogP contribution in [0, 0.1) is 5.92 Å². The molecule has 0 amide bonds. The fraction of sp³-hybridized carbons (Fsp3) is 0.500. The maximum absolute atomic E-state index is 10.9. The molecule has 0 spiro atoms. The van der Waals surface area contributed by atoms with E-state index in [1.54, 1.807) is 12.4 Å². The summed E-state index contributed by atoms with van der Waals surface area (Å²) < 4.78 is 0. The molecule has 4 heteroatoms. The van der Waals surface area contributed by atoms with Gasteiger partial charge in [-0.25, -0.2) is 0 Å².